The van der Waals surface area contributed by atoms with Gasteiger partial charge in [-0.05, 0) is 30.5 Å². The van der Waals surface area contributed by atoms with Crippen LogP contribution in [0.1, 0.15) is 42.5 Å². The van der Waals surface area contributed by atoms with Gasteiger partial charge >= 0.3 is 0 Å². The molecule has 0 aliphatic carbocycles. The number of benzene rings is 2. The molecule has 0 spiro atoms. The largest absolute Gasteiger partial charge is 0.484 e. The van der Waals surface area contributed by atoms with Crippen LogP contribution in [0.5, 0.6) is 5.75 Å². The van der Waals surface area contributed by atoms with Gasteiger partial charge in [-0.15, -0.1) is 21.5 Å². The lowest BCUT2D eigenvalue weighted by Gasteiger charge is -2.05. The molecule has 0 aliphatic rings. The lowest BCUT2D eigenvalue weighted by Crippen LogP contribution is -1.95. The molecular weight excluding hydrogens is 414 g/mol. The summed E-state index contributed by atoms with van der Waals surface area (Å²) in [6.07, 6.45) is 0. The number of nitrogens with zero attached hydrogens (tertiary/aromatic N) is 3. The summed E-state index contributed by atoms with van der Waals surface area (Å²) in [4.78, 5) is 4.74. The van der Waals surface area contributed by atoms with E-state index in [2.05, 4.69) is 53.7 Å². The number of hydrogen-bond donors (Lipinski definition) is 0. The first-order valence-electron chi connectivity index (χ1n) is 9.76. The van der Waals surface area contributed by atoms with E-state index in [4.69, 9.17) is 14.1 Å². The van der Waals surface area contributed by atoms with Crippen molar-refractivity contribution in [2.75, 3.05) is 0 Å². The summed E-state index contributed by atoms with van der Waals surface area (Å²) in [7, 11) is 0. The van der Waals surface area contributed by atoms with E-state index in [9.17, 15) is 0 Å². The van der Waals surface area contributed by atoms with E-state index < -0.39 is 0 Å². The molecule has 0 fully saturated rings. The Morgan fingerprint density at radius 3 is 2.53 bits per heavy atom. The Labute approximate surface area is 184 Å². The highest BCUT2D eigenvalue weighted by atomic mass is 32.2. The zero-order valence-corrected chi connectivity index (χ0v) is 18.8. The van der Waals surface area contributed by atoms with Crippen molar-refractivity contribution in [3.63, 3.8) is 0 Å². The maximum Gasteiger partial charge on any atom is 0.277 e. The number of ether oxygens (including phenoxy) is 1. The van der Waals surface area contributed by atoms with Gasteiger partial charge in [0.25, 0.3) is 11.1 Å². The molecule has 2 aromatic carbocycles. The van der Waals surface area contributed by atoms with Crippen LogP contribution < -0.4 is 4.74 Å². The molecule has 0 saturated heterocycles. The number of hydrogen-bond acceptors (Lipinski definition) is 7. The van der Waals surface area contributed by atoms with Crippen molar-refractivity contribution in [1.82, 2.24) is 15.2 Å². The Morgan fingerprint density at radius 1 is 1.03 bits per heavy atom. The number of rotatable bonds is 8. The second-order valence-electron chi connectivity index (χ2n) is 7.27. The summed E-state index contributed by atoms with van der Waals surface area (Å²) < 4.78 is 11.4. The van der Waals surface area contributed by atoms with Crippen LogP contribution in [0.15, 0.2) is 63.6 Å². The van der Waals surface area contributed by atoms with Crippen LogP contribution in [0.2, 0.25) is 0 Å². The molecule has 2 heterocycles. The fraction of sp³-hybridized carbons (Fsp3) is 0.261. The highest BCUT2D eigenvalue weighted by Crippen LogP contribution is 2.28. The lowest BCUT2D eigenvalue weighted by atomic mass is 10.0. The molecule has 0 bridgehead atoms. The van der Waals surface area contributed by atoms with E-state index in [0.29, 0.717) is 22.8 Å². The molecule has 2 aromatic heterocycles. The fourth-order valence-corrected chi connectivity index (χ4v) is 4.39. The molecule has 4 aromatic rings. The minimum Gasteiger partial charge on any atom is -0.484 e. The molecule has 4 rings (SSSR count). The monoisotopic (exact) mass is 437 g/mol. The Balaban J connectivity index is 1.30. The third-order valence-corrected chi connectivity index (χ3v) is 6.34. The van der Waals surface area contributed by atoms with Gasteiger partial charge in [-0.2, -0.15) is 0 Å². The maximum atomic E-state index is 5.68. The number of aryl methyl sites for hydroxylation is 1. The molecule has 0 atom stereocenters. The molecule has 0 unspecified atom stereocenters. The highest BCUT2D eigenvalue weighted by molar-refractivity contribution is 7.98. The van der Waals surface area contributed by atoms with Crippen molar-refractivity contribution >= 4 is 23.1 Å². The van der Waals surface area contributed by atoms with E-state index in [-0.39, 0.29) is 6.61 Å². The van der Waals surface area contributed by atoms with Crippen LogP contribution in [0.4, 0.5) is 0 Å². The Bertz CT molecular complexity index is 1090. The summed E-state index contributed by atoms with van der Waals surface area (Å²) in [5.41, 5.74) is 4.68. The van der Waals surface area contributed by atoms with Gasteiger partial charge in [-0.3, -0.25) is 0 Å². The standard InChI is InChI=1S/C23H23N3O2S2/c1-15(2)17-6-8-18(9-7-17)22-24-19(13-29-22)14-30-23-26-25-21(28-23)12-27-20-10-4-16(3)5-11-20/h4-11,13,15H,12,14H2,1-3H3. The minimum atomic E-state index is 0.254. The van der Waals surface area contributed by atoms with Crippen LogP contribution in [-0.4, -0.2) is 15.2 Å². The van der Waals surface area contributed by atoms with Crippen LogP contribution >= 0.6 is 23.1 Å². The van der Waals surface area contributed by atoms with Gasteiger partial charge in [-0.1, -0.05) is 67.6 Å². The molecule has 30 heavy (non-hydrogen) atoms. The van der Waals surface area contributed by atoms with Crippen molar-refractivity contribution in [3.8, 4) is 16.3 Å². The summed E-state index contributed by atoms with van der Waals surface area (Å²) in [5.74, 6) is 2.46. The zero-order chi connectivity index (χ0) is 20.9. The summed E-state index contributed by atoms with van der Waals surface area (Å²) in [6.45, 7) is 6.69. The van der Waals surface area contributed by atoms with Crippen molar-refractivity contribution in [3.05, 3.63) is 76.6 Å². The van der Waals surface area contributed by atoms with Crippen molar-refractivity contribution in [2.45, 2.75) is 44.3 Å². The van der Waals surface area contributed by atoms with Crippen molar-refractivity contribution in [1.29, 1.82) is 0 Å². The van der Waals surface area contributed by atoms with Gasteiger partial charge < -0.3 is 9.15 Å². The smallest absolute Gasteiger partial charge is 0.277 e. The SMILES string of the molecule is Cc1ccc(OCc2nnc(SCc3csc(-c4ccc(C(C)C)cc4)n3)o2)cc1. The zero-order valence-electron chi connectivity index (χ0n) is 17.2. The summed E-state index contributed by atoms with van der Waals surface area (Å²) >= 11 is 3.13. The van der Waals surface area contributed by atoms with Gasteiger partial charge in [-0.25, -0.2) is 4.98 Å². The third kappa shape index (κ3) is 5.29. The van der Waals surface area contributed by atoms with E-state index in [1.165, 1.54) is 22.9 Å². The van der Waals surface area contributed by atoms with E-state index >= 15 is 0 Å². The maximum absolute atomic E-state index is 5.68. The van der Waals surface area contributed by atoms with Crippen molar-refractivity contribution < 1.29 is 9.15 Å². The molecule has 5 nitrogen and oxygen atoms in total. The summed E-state index contributed by atoms with van der Waals surface area (Å²) in [5, 5.41) is 11.8. The molecule has 0 radical (unpaired) electrons. The highest BCUT2D eigenvalue weighted by Gasteiger charge is 2.11. The first kappa shape index (κ1) is 20.6. The predicted octanol–water partition coefficient (Wildman–Crippen LogP) is 6.50. The van der Waals surface area contributed by atoms with Gasteiger partial charge in [0.15, 0.2) is 6.61 Å². The number of thiazole rings is 1. The summed E-state index contributed by atoms with van der Waals surface area (Å²) in [6, 6.07) is 16.5. The molecule has 0 N–H and O–H groups in total. The predicted molar refractivity (Wildman–Crippen MR) is 121 cm³/mol. The van der Waals surface area contributed by atoms with Crippen molar-refractivity contribution in [2.24, 2.45) is 0 Å². The van der Waals surface area contributed by atoms with Gasteiger partial charge in [0.1, 0.15) is 10.8 Å². The quantitative estimate of drug-likeness (QED) is 0.293. The molecule has 0 saturated carbocycles. The Kier molecular flexibility index (Phi) is 6.50. The molecule has 154 valence electrons. The fourth-order valence-electron chi connectivity index (χ4n) is 2.79. The first-order valence-corrected chi connectivity index (χ1v) is 11.6. The molecule has 7 heteroatoms. The second-order valence-corrected chi connectivity index (χ2v) is 9.06. The van der Waals surface area contributed by atoms with E-state index in [1.807, 2.05) is 31.2 Å². The molecular formula is C23H23N3O2S2. The van der Waals surface area contributed by atoms with Crippen LogP contribution in [0, 0.1) is 6.92 Å². The van der Waals surface area contributed by atoms with Gasteiger partial charge in [0, 0.05) is 16.7 Å². The molecule has 0 aliphatic heterocycles. The first-order chi connectivity index (χ1) is 14.6. The van der Waals surface area contributed by atoms with Gasteiger partial charge in [0.05, 0.1) is 5.69 Å². The molecule has 0 amide bonds. The van der Waals surface area contributed by atoms with Gasteiger partial charge in [0.2, 0.25) is 0 Å². The van der Waals surface area contributed by atoms with Crippen LogP contribution in [-0.2, 0) is 12.4 Å². The van der Waals surface area contributed by atoms with E-state index in [0.717, 1.165) is 22.0 Å². The Hall–Kier alpha value is -2.64. The normalized spacial score (nSPS) is 11.2. The van der Waals surface area contributed by atoms with Crippen LogP contribution in [0.3, 0.4) is 0 Å². The second kappa shape index (κ2) is 9.45. The topological polar surface area (TPSA) is 61.0 Å². The lowest BCUT2D eigenvalue weighted by molar-refractivity contribution is 0.252. The van der Waals surface area contributed by atoms with E-state index in [1.54, 1.807) is 11.3 Å². The number of thioether (sulfide) groups is 1. The average molecular weight is 438 g/mol. The Morgan fingerprint density at radius 2 is 1.80 bits per heavy atom. The van der Waals surface area contributed by atoms with Crippen LogP contribution in [0.25, 0.3) is 10.6 Å². The average Bonchev–Trinajstić information content (AvgIpc) is 3.41. The number of aromatic nitrogens is 3. The third-order valence-electron chi connectivity index (χ3n) is 4.55. The minimum absolute atomic E-state index is 0.254.